The van der Waals surface area contributed by atoms with Crippen molar-refractivity contribution >= 4 is 29.9 Å². The zero-order valence-corrected chi connectivity index (χ0v) is 11.2. The van der Waals surface area contributed by atoms with E-state index in [1.165, 1.54) is 0 Å². The smallest absolute Gasteiger partial charge is 0.248 e. The van der Waals surface area contributed by atoms with Gasteiger partial charge in [0.25, 0.3) is 0 Å². The van der Waals surface area contributed by atoms with Gasteiger partial charge < -0.3 is 16.4 Å². The minimum absolute atomic E-state index is 0. The van der Waals surface area contributed by atoms with E-state index < -0.39 is 5.91 Å². The number of benzene rings is 1. The van der Waals surface area contributed by atoms with Crippen LogP contribution in [-0.2, 0) is 4.79 Å². The van der Waals surface area contributed by atoms with E-state index in [9.17, 15) is 9.59 Å². The molecule has 1 aromatic carbocycles. The van der Waals surface area contributed by atoms with Crippen LogP contribution in [0.5, 0.6) is 0 Å². The number of rotatable bonds is 5. The minimum atomic E-state index is -0.510. The van der Waals surface area contributed by atoms with Crippen molar-refractivity contribution in [1.29, 1.82) is 0 Å². The monoisotopic (exact) mass is 271 g/mol. The minimum Gasteiger partial charge on any atom is -0.366 e. The molecule has 0 aliphatic rings. The number of nitrogens with one attached hydrogen (secondary N) is 2. The van der Waals surface area contributed by atoms with E-state index >= 15 is 0 Å². The lowest BCUT2D eigenvalue weighted by molar-refractivity contribution is -0.119. The number of anilines is 1. The molecule has 100 valence electrons. The molecule has 0 saturated carbocycles. The molecule has 0 saturated heterocycles. The third-order valence-electron chi connectivity index (χ3n) is 2.37. The van der Waals surface area contributed by atoms with Gasteiger partial charge in [0.2, 0.25) is 11.8 Å². The normalized spacial score (nSPS) is 11.2. The molecule has 6 heteroatoms. The third kappa shape index (κ3) is 4.73. The first-order chi connectivity index (χ1) is 8.04. The standard InChI is InChI=1S/C12H17N3O2.ClH/c1-8(7-14-2)12(17)15-10-5-3-4-9(6-10)11(13)16;/h3-6,8,14H,7H2,1-2H3,(H2,13,16)(H,15,17);1H. The molecule has 0 aliphatic heterocycles. The number of hydrogen-bond acceptors (Lipinski definition) is 3. The fourth-order valence-electron chi connectivity index (χ4n) is 1.41. The molecule has 5 nitrogen and oxygen atoms in total. The first kappa shape index (κ1) is 16.4. The van der Waals surface area contributed by atoms with Gasteiger partial charge in [-0.3, -0.25) is 9.59 Å². The summed E-state index contributed by atoms with van der Waals surface area (Å²) in [6, 6.07) is 6.57. The summed E-state index contributed by atoms with van der Waals surface area (Å²) in [4.78, 5) is 22.7. The molecule has 0 aromatic heterocycles. The molecule has 0 fully saturated rings. The quantitative estimate of drug-likeness (QED) is 0.747. The van der Waals surface area contributed by atoms with Crippen LogP contribution < -0.4 is 16.4 Å². The van der Waals surface area contributed by atoms with E-state index in [0.29, 0.717) is 17.8 Å². The highest BCUT2D eigenvalue weighted by molar-refractivity contribution is 5.96. The first-order valence-electron chi connectivity index (χ1n) is 5.40. The Hall–Kier alpha value is -1.59. The summed E-state index contributed by atoms with van der Waals surface area (Å²) in [6.07, 6.45) is 0. The van der Waals surface area contributed by atoms with E-state index in [1.807, 2.05) is 6.92 Å². The molecule has 0 radical (unpaired) electrons. The molecule has 0 bridgehead atoms. The van der Waals surface area contributed by atoms with Crippen LogP contribution in [0, 0.1) is 5.92 Å². The van der Waals surface area contributed by atoms with E-state index in [1.54, 1.807) is 31.3 Å². The maximum atomic E-state index is 11.7. The second-order valence-corrected chi connectivity index (χ2v) is 3.89. The number of nitrogens with two attached hydrogens (primary N) is 1. The third-order valence-corrected chi connectivity index (χ3v) is 2.37. The van der Waals surface area contributed by atoms with E-state index in [4.69, 9.17) is 5.73 Å². The van der Waals surface area contributed by atoms with Crippen molar-refractivity contribution < 1.29 is 9.59 Å². The van der Waals surface area contributed by atoms with Gasteiger partial charge in [-0.1, -0.05) is 13.0 Å². The number of amides is 2. The Labute approximate surface area is 113 Å². The molecule has 18 heavy (non-hydrogen) atoms. The molecular formula is C12H18ClN3O2. The number of hydrogen-bond donors (Lipinski definition) is 3. The Morgan fingerprint density at radius 3 is 2.61 bits per heavy atom. The number of carbonyl (C=O) groups excluding carboxylic acids is 2. The summed E-state index contributed by atoms with van der Waals surface area (Å²) in [5, 5.41) is 5.66. The predicted molar refractivity (Wildman–Crippen MR) is 73.9 cm³/mol. The van der Waals surface area contributed by atoms with Gasteiger partial charge in [0.15, 0.2) is 0 Å². The number of carbonyl (C=O) groups is 2. The molecule has 1 rings (SSSR count). The van der Waals surface area contributed by atoms with E-state index in [2.05, 4.69) is 10.6 Å². The molecule has 0 aliphatic carbocycles. The molecule has 1 unspecified atom stereocenters. The fourth-order valence-corrected chi connectivity index (χ4v) is 1.41. The van der Waals surface area contributed by atoms with Crippen molar-refractivity contribution in [3.63, 3.8) is 0 Å². The van der Waals surface area contributed by atoms with Crippen molar-refractivity contribution in [1.82, 2.24) is 5.32 Å². The van der Waals surface area contributed by atoms with Gasteiger partial charge in [-0.2, -0.15) is 0 Å². The predicted octanol–water partition coefficient (Wildman–Crippen LogP) is 1.00. The molecule has 1 aromatic rings. The zero-order valence-electron chi connectivity index (χ0n) is 10.4. The Morgan fingerprint density at radius 1 is 1.39 bits per heavy atom. The maximum Gasteiger partial charge on any atom is 0.248 e. The van der Waals surface area contributed by atoms with Gasteiger partial charge in [0.05, 0.1) is 0 Å². The zero-order chi connectivity index (χ0) is 12.8. The highest BCUT2D eigenvalue weighted by Crippen LogP contribution is 2.11. The first-order valence-corrected chi connectivity index (χ1v) is 5.40. The van der Waals surface area contributed by atoms with Gasteiger partial charge in [-0.05, 0) is 25.2 Å². The van der Waals surface area contributed by atoms with Gasteiger partial charge in [0, 0.05) is 23.7 Å². The van der Waals surface area contributed by atoms with E-state index in [-0.39, 0.29) is 24.2 Å². The highest BCUT2D eigenvalue weighted by atomic mass is 35.5. The summed E-state index contributed by atoms with van der Waals surface area (Å²) in [6.45, 7) is 2.42. The van der Waals surface area contributed by atoms with Crippen molar-refractivity contribution in [3.8, 4) is 0 Å². The Kier molecular flexibility index (Phi) is 7.00. The van der Waals surface area contributed by atoms with Crippen molar-refractivity contribution in [2.45, 2.75) is 6.92 Å². The highest BCUT2D eigenvalue weighted by Gasteiger charge is 2.12. The average Bonchev–Trinajstić information content (AvgIpc) is 2.29. The SMILES string of the molecule is CNCC(C)C(=O)Nc1cccc(C(N)=O)c1.Cl. The van der Waals surface area contributed by atoms with Crippen LogP contribution in [0.1, 0.15) is 17.3 Å². The summed E-state index contributed by atoms with van der Waals surface area (Å²) in [7, 11) is 1.79. The molecule has 0 heterocycles. The lowest BCUT2D eigenvalue weighted by Gasteiger charge is -2.11. The van der Waals surface area contributed by atoms with Crippen molar-refractivity contribution in [3.05, 3.63) is 29.8 Å². The van der Waals surface area contributed by atoms with Gasteiger partial charge >= 0.3 is 0 Å². The van der Waals surface area contributed by atoms with Crippen LogP contribution in [0.25, 0.3) is 0 Å². The summed E-state index contributed by atoms with van der Waals surface area (Å²) in [5.41, 5.74) is 6.12. The second-order valence-electron chi connectivity index (χ2n) is 3.89. The van der Waals surface area contributed by atoms with Crippen molar-refractivity contribution in [2.24, 2.45) is 11.7 Å². The van der Waals surface area contributed by atoms with E-state index in [0.717, 1.165) is 0 Å². The lowest BCUT2D eigenvalue weighted by atomic mass is 10.1. The van der Waals surface area contributed by atoms with Crippen LogP contribution in [-0.4, -0.2) is 25.4 Å². The van der Waals surface area contributed by atoms with Crippen LogP contribution in [0.15, 0.2) is 24.3 Å². The maximum absolute atomic E-state index is 11.7. The lowest BCUT2D eigenvalue weighted by Crippen LogP contribution is -2.28. The summed E-state index contributed by atoms with van der Waals surface area (Å²) < 4.78 is 0. The summed E-state index contributed by atoms with van der Waals surface area (Å²) in [5.74, 6) is -0.748. The van der Waals surface area contributed by atoms with Crippen LogP contribution in [0.4, 0.5) is 5.69 Å². The van der Waals surface area contributed by atoms with Crippen LogP contribution >= 0.6 is 12.4 Å². The molecular weight excluding hydrogens is 254 g/mol. The second kappa shape index (κ2) is 7.68. The van der Waals surface area contributed by atoms with Gasteiger partial charge in [0.1, 0.15) is 0 Å². The Bertz CT molecular complexity index is 424. The van der Waals surface area contributed by atoms with Gasteiger partial charge in [-0.25, -0.2) is 0 Å². The van der Waals surface area contributed by atoms with Crippen LogP contribution in [0.2, 0.25) is 0 Å². The largest absolute Gasteiger partial charge is 0.366 e. The van der Waals surface area contributed by atoms with Gasteiger partial charge in [-0.15, -0.1) is 12.4 Å². The number of halogens is 1. The topological polar surface area (TPSA) is 84.2 Å². The summed E-state index contributed by atoms with van der Waals surface area (Å²) >= 11 is 0. The molecule has 1 atom stereocenters. The Morgan fingerprint density at radius 2 is 2.06 bits per heavy atom. The fraction of sp³-hybridized carbons (Fsp3) is 0.333. The van der Waals surface area contributed by atoms with Crippen LogP contribution in [0.3, 0.4) is 0 Å². The molecule has 4 N–H and O–H groups in total. The van der Waals surface area contributed by atoms with Crippen molar-refractivity contribution in [2.75, 3.05) is 18.9 Å². The average molecular weight is 272 g/mol. The molecule has 2 amide bonds. The molecule has 0 spiro atoms. The Balaban J connectivity index is 0.00000289. The number of primary amides is 1.